The van der Waals surface area contributed by atoms with E-state index in [0.29, 0.717) is 0 Å². The zero-order chi connectivity index (χ0) is 11.7. The Bertz CT molecular complexity index is 214. The molecule has 2 unspecified atom stereocenters. The van der Waals surface area contributed by atoms with Crippen molar-refractivity contribution >= 4 is 20.5 Å². The van der Waals surface area contributed by atoms with Crippen LogP contribution in [-0.4, -0.2) is 25.2 Å². The Kier molecular flexibility index (Phi) is 4.10. The van der Waals surface area contributed by atoms with Crippen molar-refractivity contribution in [3.63, 3.8) is 0 Å². The van der Waals surface area contributed by atoms with Gasteiger partial charge in [-0.1, -0.05) is 77.5 Å². The van der Waals surface area contributed by atoms with E-state index in [1.54, 1.807) is 0 Å². The van der Waals surface area contributed by atoms with Gasteiger partial charge in [0.15, 0.2) is 6.85 Å². The molecule has 0 spiro atoms. The molecular weight excluding hydrogens is 191 g/mol. The highest BCUT2D eigenvalue weighted by Crippen LogP contribution is 2.34. The first-order chi connectivity index (χ1) is 7.58. The number of hydrogen-bond acceptors (Lipinski definition) is 1. The van der Waals surface area contributed by atoms with Gasteiger partial charge in [0.1, 0.15) is 0 Å². The molecule has 2 aliphatic rings. The summed E-state index contributed by atoms with van der Waals surface area (Å²) in [6.07, 6.45) is 8.70. The van der Waals surface area contributed by atoms with Gasteiger partial charge in [-0.05, 0) is 0 Å². The van der Waals surface area contributed by atoms with Crippen molar-refractivity contribution in [1.29, 1.82) is 0 Å². The summed E-state index contributed by atoms with van der Waals surface area (Å²) in [6, 6.07) is 0. The minimum atomic E-state index is 0.741. The molecule has 4 heteroatoms. The molecule has 2 aliphatic heterocycles. The van der Waals surface area contributed by atoms with Crippen LogP contribution in [0.15, 0.2) is 0 Å². The summed E-state index contributed by atoms with van der Waals surface area (Å²) in [7, 11) is 0. The SMILES string of the molecule is CB(C)N(B1CCC(C)C1)B1CCC(C)C1. The van der Waals surface area contributed by atoms with E-state index in [0.717, 1.165) is 32.4 Å². The van der Waals surface area contributed by atoms with E-state index in [4.69, 9.17) is 0 Å². The predicted octanol–water partition coefficient (Wildman–Crippen LogP) is 3.60. The molecule has 0 aromatic heterocycles. The van der Waals surface area contributed by atoms with Gasteiger partial charge in [-0.15, -0.1) is 0 Å². The molecule has 2 heterocycles. The minimum absolute atomic E-state index is 0.741. The Balaban J connectivity index is 2.00. The van der Waals surface area contributed by atoms with Crippen LogP contribution in [0.2, 0.25) is 38.9 Å². The molecule has 16 heavy (non-hydrogen) atoms. The Hall–Kier alpha value is 0.155. The van der Waals surface area contributed by atoms with Crippen molar-refractivity contribution in [1.82, 2.24) is 4.63 Å². The number of nitrogens with zero attached hydrogens (tertiary/aromatic N) is 1. The lowest BCUT2D eigenvalue weighted by Crippen LogP contribution is -2.53. The zero-order valence-electron chi connectivity index (χ0n) is 11.6. The maximum Gasteiger partial charge on any atom is 0.200 e. The van der Waals surface area contributed by atoms with E-state index >= 15 is 0 Å². The lowest BCUT2D eigenvalue weighted by atomic mass is 9.35. The highest BCUT2D eigenvalue weighted by molar-refractivity contribution is 6.86. The molecule has 2 rings (SSSR count). The fraction of sp³-hybridized carbons (Fsp3) is 1.00. The van der Waals surface area contributed by atoms with Crippen molar-refractivity contribution in [3.8, 4) is 0 Å². The highest BCUT2D eigenvalue weighted by Gasteiger charge is 2.40. The van der Waals surface area contributed by atoms with Crippen LogP contribution in [-0.2, 0) is 0 Å². The number of hydrogen-bond donors (Lipinski definition) is 0. The summed E-state index contributed by atoms with van der Waals surface area (Å²) in [5.74, 6) is 1.93. The molecule has 0 aromatic rings. The third-order valence-electron chi connectivity index (χ3n) is 4.77. The molecule has 0 aromatic carbocycles. The van der Waals surface area contributed by atoms with E-state index in [-0.39, 0.29) is 0 Å². The zero-order valence-corrected chi connectivity index (χ0v) is 11.6. The Morgan fingerprint density at radius 1 is 0.938 bits per heavy atom. The first-order valence-electron chi connectivity index (χ1n) is 7.35. The van der Waals surface area contributed by atoms with Crippen LogP contribution >= 0.6 is 0 Å². The molecule has 0 N–H and O–H groups in total. The maximum atomic E-state index is 2.87. The molecule has 0 radical (unpaired) electrons. The Morgan fingerprint density at radius 2 is 1.38 bits per heavy atom. The standard InChI is InChI=1S/C12H26B3N/c1-11-5-7-14(9-11)16(13(3)4)15-8-6-12(2)10-15/h11-12H,5-10H2,1-4H3. The van der Waals surface area contributed by atoms with Crippen LogP contribution in [0.5, 0.6) is 0 Å². The molecule has 0 aliphatic carbocycles. The summed E-state index contributed by atoms with van der Waals surface area (Å²) >= 11 is 0. The fourth-order valence-corrected chi connectivity index (χ4v) is 4.04. The second-order valence-corrected chi connectivity index (χ2v) is 6.69. The van der Waals surface area contributed by atoms with Gasteiger partial charge < -0.3 is 4.63 Å². The molecule has 2 saturated heterocycles. The van der Waals surface area contributed by atoms with Crippen molar-refractivity contribution in [2.75, 3.05) is 0 Å². The van der Waals surface area contributed by atoms with Crippen molar-refractivity contribution in [3.05, 3.63) is 0 Å². The smallest absolute Gasteiger partial charge is 0.200 e. The van der Waals surface area contributed by atoms with Gasteiger partial charge >= 0.3 is 0 Å². The van der Waals surface area contributed by atoms with Crippen molar-refractivity contribution < 1.29 is 0 Å². The van der Waals surface area contributed by atoms with Gasteiger partial charge in [-0.3, -0.25) is 0 Å². The predicted molar refractivity (Wildman–Crippen MR) is 77.6 cm³/mol. The average Bonchev–Trinajstić information content (AvgIpc) is 2.76. The summed E-state index contributed by atoms with van der Waals surface area (Å²) in [5, 5.41) is 0. The summed E-state index contributed by atoms with van der Waals surface area (Å²) < 4.78 is 2.87. The molecule has 0 amide bonds. The Labute approximate surface area is 103 Å². The van der Waals surface area contributed by atoms with Gasteiger partial charge in [0.05, 0.1) is 0 Å². The fourth-order valence-electron chi connectivity index (χ4n) is 4.04. The van der Waals surface area contributed by atoms with Gasteiger partial charge in [-0.25, -0.2) is 0 Å². The van der Waals surface area contributed by atoms with Crippen LogP contribution in [0.1, 0.15) is 26.7 Å². The lowest BCUT2D eigenvalue weighted by molar-refractivity contribution is 0.656. The topological polar surface area (TPSA) is 3.24 Å². The normalized spacial score (nSPS) is 30.6. The third kappa shape index (κ3) is 2.69. The molecule has 88 valence electrons. The molecule has 1 nitrogen and oxygen atoms in total. The van der Waals surface area contributed by atoms with E-state index in [9.17, 15) is 0 Å². The maximum absolute atomic E-state index is 2.87. The molecule has 2 fully saturated rings. The first-order valence-corrected chi connectivity index (χ1v) is 7.35. The Morgan fingerprint density at radius 3 is 1.62 bits per heavy atom. The van der Waals surface area contributed by atoms with E-state index in [1.807, 2.05) is 0 Å². The average molecular weight is 217 g/mol. The first kappa shape index (κ1) is 12.6. The monoisotopic (exact) mass is 217 g/mol. The summed E-state index contributed by atoms with van der Waals surface area (Å²) in [5.41, 5.74) is 0. The third-order valence-corrected chi connectivity index (χ3v) is 4.77. The van der Waals surface area contributed by atoms with Gasteiger partial charge in [-0.2, -0.15) is 0 Å². The molecule has 2 atom stereocenters. The van der Waals surface area contributed by atoms with Crippen LogP contribution in [0.4, 0.5) is 0 Å². The quantitative estimate of drug-likeness (QED) is 0.652. The van der Waals surface area contributed by atoms with Gasteiger partial charge in [0.25, 0.3) is 0 Å². The van der Waals surface area contributed by atoms with E-state index < -0.39 is 0 Å². The summed E-state index contributed by atoms with van der Waals surface area (Å²) in [6.45, 7) is 12.2. The molecular formula is C12H26B3N. The largest absolute Gasteiger partial charge is 0.427 e. The molecule has 0 bridgehead atoms. The highest BCUT2D eigenvalue weighted by atomic mass is 14.9. The molecule has 0 saturated carbocycles. The van der Waals surface area contributed by atoms with Crippen molar-refractivity contribution in [2.24, 2.45) is 11.8 Å². The van der Waals surface area contributed by atoms with Crippen LogP contribution in [0.3, 0.4) is 0 Å². The summed E-state index contributed by atoms with van der Waals surface area (Å²) in [4.78, 5) is 0. The second kappa shape index (κ2) is 5.20. The van der Waals surface area contributed by atoms with Gasteiger partial charge in [0.2, 0.25) is 13.7 Å². The second-order valence-electron chi connectivity index (χ2n) is 6.69. The minimum Gasteiger partial charge on any atom is -0.427 e. The van der Waals surface area contributed by atoms with Crippen molar-refractivity contribution in [2.45, 2.75) is 65.6 Å². The van der Waals surface area contributed by atoms with Gasteiger partial charge in [0, 0.05) is 0 Å². The van der Waals surface area contributed by atoms with E-state index in [2.05, 4.69) is 32.1 Å². The van der Waals surface area contributed by atoms with Crippen LogP contribution < -0.4 is 0 Å². The van der Waals surface area contributed by atoms with Crippen LogP contribution in [0, 0.1) is 11.8 Å². The van der Waals surface area contributed by atoms with E-state index in [1.165, 1.54) is 38.1 Å². The van der Waals surface area contributed by atoms with Crippen LogP contribution in [0.25, 0.3) is 0 Å². The number of rotatable bonds is 3. The lowest BCUT2D eigenvalue weighted by Gasteiger charge is -2.34.